The van der Waals surface area contributed by atoms with E-state index in [-0.39, 0.29) is 17.0 Å². The minimum absolute atomic E-state index is 0.0148. The summed E-state index contributed by atoms with van der Waals surface area (Å²) in [6.07, 6.45) is 0. The molecule has 0 atom stereocenters. The van der Waals surface area contributed by atoms with E-state index in [9.17, 15) is 0 Å². The summed E-state index contributed by atoms with van der Waals surface area (Å²) in [5.41, 5.74) is 0. The van der Waals surface area contributed by atoms with E-state index in [1.807, 2.05) is 5.40 Å². The van der Waals surface area contributed by atoms with Gasteiger partial charge in [0.05, 0.1) is 14.2 Å². The monoisotopic (exact) mass is 231 g/mol. The summed E-state index contributed by atoms with van der Waals surface area (Å²) in [4.78, 5) is 8.02. The molecular formula is C7H6ClN3O2S. The molecule has 7 heteroatoms. The Balaban J connectivity index is 3.26. The van der Waals surface area contributed by atoms with Gasteiger partial charge >= 0.3 is 0 Å². The van der Waals surface area contributed by atoms with Crippen molar-refractivity contribution in [3.63, 3.8) is 0 Å². The Kier molecular flexibility index (Phi) is 3.80. The SMILES string of the molecule is COc1nc(Cl)nc(OC)c1SC#N. The predicted molar refractivity (Wildman–Crippen MR) is 51.6 cm³/mol. The van der Waals surface area contributed by atoms with Crippen LogP contribution in [0.5, 0.6) is 11.8 Å². The van der Waals surface area contributed by atoms with E-state index in [2.05, 4.69) is 9.97 Å². The highest BCUT2D eigenvalue weighted by Gasteiger charge is 2.15. The van der Waals surface area contributed by atoms with Crippen LogP contribution in [-0.2, 0) is 0 Å². The summed E-state index contributed by atoms with van der Waals surface area (Å²) in [5, 5.41) is 10.4. The molecule has 0 saturated carbocycles. The summed E-state index contributed by atoms with van der Waals surface area (Å²) in [6, 6.07) is 0. The van der Waals surface area contributed by atoms with Crippen LogP contribution in [0.1, 0.15) is 0 Å². The smallest absolute Gasteiger partial charge is 0.236 e. The van der Waals surface area contributed by atoms with Gasteiger partial charge in [0.15, 0.2) is 0 Å². The van der Waals surface area contributed by atoms with E-state index in [1.165, 1.54) is 14.2 Å². The molecule has 0 radical (unpaired) electrons. The normalized spacial score (nSPS) is 9.29. The zero-order chi connectivity index (χ0) is 10.6. The van der Waals surface area contributed by atoms with Gasteiger partial charge in [-0.3, -0.25) is 0 Å². The standard InChI is InChI=1S/C7H6ClN3O2S/c1-12-5-4(14-3-9)6(13-2)11-7(8)10-5/h1-2H3. The van der Waals surface area contributed by atoms with E-state index in [0.717, 1.165) is 11.8 Å². The molecular weight excluding hydrogens is 226 g/mol. The van der Waals surface area contributed by atoms with E-state index >= 15 is 0 Å². The average molecular weight is 232 g/mol. The molecule has 0 spiro atoms. The molecule has 0 unspecified atom stereocenters. The van der Waals surface area contributed by atoms with E-state index in [1.54, 1.807) is 0 Å². The van der Waals surface area contributed by atoms with Crippen LogP contribution >= 0.6 is 23.4 Å². The zero-order valence-electron chi connectivity index (χ0n) is 7.44. The fourth-order valence-corrected chi connectivity index (χ4v) is 1.47. The number of thiocyanates is 1. The van der Waals surface area contributed by atoms with Crippen LogP contribution < -0.4 is 9.47 Å². The predicted octanol–water partition coefficient (Wildman–Crippen LogP) is 1.72. The highest BCUT2D eigenvalue weighted by Crippen LogP contribution is 2.35. The van der Waals surface area contributed by atoms with Crippen LogP contribution in [0.3, 0.4) is 0 Å². The number of hydrogen-bond donors (Lipinski definition) is 0. The second-order valence-corrected chi connectivity index (χ2v) is 3.17. The number of hydrogen-bond acceptors (Lipinski definition) is 6. The molecule has 0 N–H and O–H groups in total. The third kappa shape index (κ3) is 2.19. The van der Waals surface area contributed by atoms with Gasteiger partial charge in [-0.1, -0.05) is 0 Å². The molecule has 14 heavy (non-hydrogen) atoms. The number of aromatic nitrogens is 2. The van der Waals surface area contributed by atoms with E-state index in [4.69, 9.17) is 26.3 Å². The Labute approximate surface area is 90.0 Å². The number of thioether (sulfide) groups is 1. The lowest BCUT2D eigenvalue weighted by molar-refractivity contribution is 0.353. The second kappa shape index (κ2) is 4.88. The second-order valence-electron chi connectivity index (χ2n) is 2.03. The average Bonchev–Trinajstić information content (AvgIpc) is 2.20. The van der Waals surface area contributed by atoms with Crippen molar-refractivity contribution >= 4 is 23.4 Å². The number of halogens is 1. The summed E-state index contributed by atoms with van der Waals surface area (Å²) in [7, 11) is 2.86. The van der Waals surface area contributed by atoms with Crippen molar-refractivity contribution in [2.45, 2.75) is 4.90 Å². The third-order valence-electron chi connectivity index (χ3n) is 1.31. The van der Waals surface area contributed by atoms with Gasteiger partial charge in [0.25, 0.3) is 0 Å². The molecule has 0 bridgehead atoms. The number of methoxy groups -OCH3 is 2. The molecule has 0 amide bonds. The van der Waals surface area contributed by atoms with Gasteiger partial charge in [0.2, 0.25) is 17.0 Å². The van der Waals surface area contributed by atoms with Gasteiger partial charge in [-0.05, 0) is 11.6 Å². The molecule has 0 saturated heterocycles. The van der Waals surface area contributed by atoms with Crippen molar-refractivity contribution in [2.24, 2.45) is 0 Å². The van der Waals surface area contributed by atoms with Crippen molar-refractivity contribution in [2.75, 3.05) is 14.2 Å². The summed E-state index contributed by atoms with van der Waals surface area (Å²) in [5.74, 6) is 0.460. The summed E-state index contributed by atoms with van der Waals surface area (Å²) in [6.45, 7) is 0. The lowest BCUT2D eigenvalue weighted by Crippen LogP contribution is -1.97. The Morgan fingerprint density at radius 2 is 1.79 bits per heavy atom. The highest BCUT2D eigenvalue weighted by atomic mass is 35.5. The quantitative estimate of drug-likeness (QED) is 0.448. The first-order chi connectivity index (χ1) is 6.72. The van der Waals surface area contributed by atoms with Gasteiger partial charge < -0.3 is 9.47 Å². The first-order valence-corrected chi connectivity index (χ1v) is 4.63. The largest absolute Gasteiger partial charge is 0.480 e. The summed E-state index contributed by atoms with van der Waals surface area (Å²) >= 11 is 6.46. The molecule has 0 aliphatic heterocycles. The third-order valence-corrected chi connectivity index (χ3v) is 2.12. The first kappa shape index (κ1) is 10.9. The van der Waals surface area contributed by atoms with Gasteiger partial charge in [0.1, 0.15) is 10.3 Å². The van der Waals surface area contributed by atoms with Crippen molar-refractivity contribution in [1.82, 2.24) is 9.97 Å². The van der Waals surface area contributed by atoms with Gasteiger partial charge in [0, 0.05) is 11.8 Å². The molecule has 1 aromatic rings. The molecule has 0 aromatic carbocycles. The Bertz CT molecular complexity index is 355. The molecule has 0 aliphatic rings. The minimum Gasteiger partial charge on any atom is -0.480 e. The lowest BCUT2D eigenvalue weighted by atomic mass is 10.6. The Hall–Kier alpha value is -1.19. The fraction of sp³-hybridized carbons (Fsp3) is 0.286. The minimum atomic E-state index is 0.0148. The topological polar surface area (TPSA) is 68.0 Å². The van der Waals surface area contributed by atoms with Crippen molar-refractivity contribution in [3.05, 3.63) is 5.28 Å². The van der Waals surface area contributed by atoms with Gasteiger partial charge in [-0.2, -0.15) is 15.2 Å². The Morgan fingerprint density at radius 1 is 1.29 bits per heavy atom. The van der Waals surface area contributed by atoms with Crippen LogP contribution in [0, 0.1) is 10.7 Å². The van der Waals surface area contributed by atoms with E-state index < -0.39 is 0 Å². The van der Waals surface area contributed by atoms with Crippen LogP contribution in [0.4, 0.5) is 0 Å². The van der Waals surface area contributed by atoms with Crippen LogP contribution in [-0.4, -0.2) is 24.2 Å². The Morgan fingerprint density at radius 3 is 2.14 bits per heavy atom. The van der Waals surface area contributed by atoms with Crippen LogP contribution in [0.25, 0.3) is 0 Å². The molecule has 74 valence electrons. The lowest BCUT2D eigenvalue weighted by Gasteiger charge is -2.07. The van der Waals surface area contributed by atoms with Gasteiger partial charge in [-0.25, -0.2) is 0 Å². The molecule has 1 rings (SSSR count). The number of rotatable bonds is 3. The molecule has 1 heterocycles. The molecule has 5 nitrogen and oxygen atoms in total. The maximum absolute atomic E-state index is 8.54. The van der Waals surface area contributed by atoms with E-state index in [0.29, 0.717) is 4.90 Å². The first-order valence-electron chi connectivity index (χ1n) is 3.44. The number of nitrogens with zero attached hydrogens (tertiary/aromatic N) is 3. The molecule has 0 aliphatic carbocycles. The number of ether oxygens (including phenoxy) is 2. The van der Waals surface area contributed by atoms with Crippen molar-refractivity contribution in [3.8, 4) is 17.2 Å². The van der Waals surface area contributed by atoms with Crippen LogP contribution in [0.2, 0.25) is 5.28 Å². The summed E-state index contributed by atoms with van der Waals surface area (Å²) < 4.78 is 9.87. The zero-order valence-corrected chi connectivity index (χ0v) is 9.02. The van der Waals surface area contributed by atoms with Gasteiger partial charge in [-0.15, -0.1) is 0 Å². The van der Waals surface area contributed by atoms with Crippen molar-refractivity contribution in [1.29, 1.82) is 5.26 Å². The molecule has 1 aromatic heterocycles. The van der Waals surface area contributed by atoms with Crippen molar-refractivity contribution < 1.29 is 9.47 Å². The van der Waals surface area contributed by atoms with Crippen LogP contribution in [0.15, 0.2) is 4.90 Å². The maximum atomic E-state index is 8.54. The maximum Gasteiger partial charge on any atom is 0.236 e. The highest BCUT2D eigenvalue weighted by molar-refractivity contribution is 8.03. The fourth-order valence-electron chi connectivity index (χ4n) is 0.795. The molecule has 0 fully saturated rings. The number of nitriles is 1.